The van der Waals surface area contributed by atoms with Crippen LogP contribution >= 0.6 is 0 Å². The Hall–Kier alpha value is -1.92. The fourth-order valence-electron chi connectivity index (χ4n) is 3.65. The van der Waals surface area contributed by atoms with Crippen LogP contribution in [0.4, 0.5) is 0 Å². The molecule has 6 rings (SSSR count). The molecule has 0 unspecified atom stereocenters. The summed E-state index contributed by atoms with van der Waals surface area (Å²) in [4.78, 5) is 13.3. The summed E-state index contributed by atoms with van der Waals surface area (Å²) in [6.45, 7) is 6.02. The summed E-state index contributed by atoms with van der Waals surface area (Å²) >= 11 is 9.03. The van der Waals surface area contributed by atoms with Crippen LogP contribution in [0.1, 0.15) is 17.1 Å². The van der Waals surface area contributed by atoms with Crippen LogP contribution in [0, 0.1) is 20.8 Å². The van der Waals surface area contributed by atoms with Crippen LogP contribution in [0.2, 0.25) is 0 Å². The third kappa shape index (κ3) is 7.80. The van der Waals surface area contributed by atoms with Crippen LogP contribution in [-0.2, 0) is 19.8 Å². The quantitative estimate of drug-likeness (QED) is 0.217. The summed E-state index contributed by atoms with van der Waals surface area (Å²) in [5.74, 6) is 0. The molecule has 3 heterocycles. The third-order valence-electron chi connectivity index (χ3n) is 5.47. The molecule has 0 saturated carbocycles. The van der Waals surface area contributed by atoms with Crippen molar-refractivity contribution in [2.75, 3.05) is 0 Å². The fraction of sp³-hybridized carbons (Fsp3) is 0.100. The maximum absolute atomic E-state index is 4.44. The summed E-state index contributed by atoms with van der Waals surface area (Å²) in [7, 11) is 0. The molecule has 0 fully saturated rings. The van der Waals surface area contributed by atoms with Crippen LogP contribution in [0.15, 0.2) is 91.0 Å². The molecule has 0 aliphatic rings. The monoisotopic (exact) mass is 858 g/mol. The molecule has 0 spiro atoms. The van der Waals surface area contributed by atoms with Crippen LogP contribution in [0.5, 0.6) is 0 Å². The average Bonchev–Trinajstić information content (AvgIpc) is 2.87. The van der Waals surface area contributed by atoms with Gasteiger partial charge in [0.2, 0.25) is 0 Å². The van der Waals surface area contributed by atoms with E-state index in [0.717, 1.165) is 47.0 Å². The molecule has 3 aromatic heterocycles. The van der Waals surface area contributed by atoms with Gasteiger partial charge < -0.3 is 0 Å². The molecule has 0 aliphatic carbocycles. The largest absolute Gasteiger partial charge is 0 e. The standard InChI is InChI=1S/3C10H9NSe.Os/c3*1-7-5-6-8-3-2-4-9(12)10(8)11-7;/h3*2-6,12H,1H3;/p-3. The minimum Gasteiger partial charge on any atom is 0 e. The fourth-order valence-corrected chi connectivity index (χ4v) is 5.18. The maximum Gasteiger partial charge on any atom is 0 e. The zero-order valence-electron chi connectivity index (χ0n) is 20.6. The SMILES string of the molecule is Cc1ccc2cccc([Se-])c2n1.Cc1ccc2cccc([Se-])c2n1.Cc1ccc2cccc([Se-])c2n1.[Os]. The number of benzene rings is 3. The maximum atomic E-state index is 4.44. The molecule has 0 aliphatic heterocycles. The van der Waals surface area contributed by atoms with E-state index in [-0.39, 0.29) is 19.8 Å². The van der Waals surface area contributed by atoms with E-state index in [0.29, 0.717) is 0 Å². The molecule has 3 nitrogen and oxygen atoms in total. The zero-order valence-corrected chi connectivity index (χ0v) is 28.3. The molecule has 0 bridgehead atoms. The first-order valence-corrected chi connectivity index (χ1v) is 14.0. The van der Waals surface area contributed by atoms with E-state index < -0.39 is 0 Å². The van der Waals surface area contributed by atoms with E-state index in [9.17, 15) is 0 Å². The summed E-state index contributed by atoms with van der Waals surface area (Å²) < 4.78 is 3.36. The van der Waals surface area contributed by atoms with Crippen molar-refractivity contribution >= 4 is 94.1 Å². The molecule has 6 aromatic rings. The number of para-hydroxylation sites is 3. The number of aromatic nitrogens is 3. The van der Waals surface area contributed by atoms with Crippen molar-refractivity contribution in [1.29, 1.82) is 0 Å². The van der Waals surface area contributed by atoms with Crippen molar-refractivity contribution in [3.05, 3.63) is 108 Å². The molecule has 0 N–H and O–H groups in total. The average molecular weight is 854 g/mol. The van der Waals surface area contributed by atoms with Gasteiger partial charge in [0.25, 0.3) is 0 Å². The second-order valence-electron chi connectivity index (χ2n) is 8.34. The Bertz CT molecular complexity index is 1470. The number of fused-ring (bicyclic) bond motifs is 3. The Labute approximate surface area is 255 Å². The Kier molecular flexibility index (Phi) is 11.0. The molecule has 0 saturated heterocycles. The van der Waals surface area contributed by atoms with Crippen molar-refractivity contribution in [3.63, 3.8) is 0 Å². The third-order valence-corrected chi connectivity index (χ3v) is 7.54. The van der Waals surface area contributed by atoms with Gasteiger partial charge in [0.15, 0.2) is 0 Å². The van der Waals surface area contributed by atoms with E-state index in [1.165, 1.54) is 16.2 Å². The normalized spacial score (nSPS) is 10.1. The second-order valence-corrected chi connectivity index (χ2v) is 11.1. The van der Waals surface area contributed by atoms with Crippen molar-refractivity contribution < 1.29 is 19.8 Å². The Morgan fingerprint density at radius 2 is 0.676 bits per heavy atom. The van der Waals surface area contributed by atoms with Crippen molar-refractivity contribution in [2.45, 2.75) is 20.8 Å². The van der Waals surface area contributed by atoms with Gasteiger partial charge in [-0.05, 0) is 0 Å². The molecular formula is C30H24N3OsSe3-3. The number of hydrogen-bond donors (Lipinski definition) is 0. The van der Waals surface area contributed by atoms with Gasteiger partial charge in [-0.1, -0.05) is 0 Å². The molecule has 0 radical (unpaired) electrons. The van der Waals surface area contributed by atoms with Crippen molar-refractivity contribution in [2.24, 2.45) is 0 Å². The van der Waals surface area contributed by atoms with Gasteiger partial charge in [-0.2, -0.15) is 0 Å². The minimum absolute atomic E-state index is 0. The van der Waals surface area contributed by atoms with E-state index in [1.807, 2.05) is 75.4 Å². The first-order valence-electron chi connectivity index (χ1n) is 11.4. The molecular weight excluding hydrogens is 829 g/mol. The van der Waals surface area contributed by atoms with Crippen molar-refractivity contribution in [1.82, 2.24) is 15.0 Å². The van der Waals surface area contributed by atoms with Crippen LogP contribution in [0.3, 0.4) is 0 Å². The summed E-state index contributed by atoms with van der Waals surface area (Å²) in [6.07, 6.45) is 0. The van der Waals surface area contributed by atoms with Gasteiger partial charge in [0, 0.05) is 19.8 Å². The first kappa shape index (κ1) is 29.6. The predicted octanol–water partition coefficient (Wildman–Crippen LogP) is 4.01. The van der Waals surface area contributed by atoms with E-state index in [1.54, 1.807) is 0 Å². The molecule has 0 atom stereocenters. The topological polar surface area (TPSA) is 38.7 Å². The minimum atomic E-state index is 0. The number of aryl methyl sites for hydroxylation is 3. The smallest absolute Gasteiger partial charge is 0 e. The number of pyridine rings is 3. The number of nitrogens with zero attached hydrogens (tertiary/aromatic N) is 3. The zero-order chi connectivity index (χ0) is 25.7. The Balaban J connectivity index is 0.000000152. The molecule has 0 amide bonds. The predicted molar refractivity (Wildman–Crippen MR) is 156 cm³/mol. The summed E-state index contributed by atoms with van der Waals surface area (Å²) in [5, 5.41) is 3.57. The van der Waals surface area contributed by atoms with Crippen molar-refractivity contribution in [3.8, 4) is 0 Å². The van der Waals surface area contributed by atoms with Gasteiger partial charge in [0.05, 0.1) is 0 Å². The molecule has 37 heavy (non-hydrogen) atoms. The van der Waals surface area contributed by atoms with Gasteiger partial charge in [-0.3, -0.25) is 0 Å². The second kappa shape index (κ2) is 13.8. The Morgan fingerprint density at radius 1 is 0.405 bits per heavy atom. The first-order chi connectivity index (χ1) is 17.3. The Morgan fingerprint density at radius 3 is 0.946 bits per heavy atom. The van der Waals surface area contributed by atoms with Gasteiger partial charge in [-0.25, -0.2) is 0 Å². The van der Waals surface area contributed by atoms with Gasteiger partial charge in [0.1, 0.15) is 0 Å². The summed E-state index contributed by atoms with van der Waals surface area (Å²) in [5.41, 5.74) is 6.38. The van der Waals surface area contributed by atoms with E-state index in [2.05, 4.69) is 99.4 Å². The summed E-state index contributed by atoms with van der Waals surface area (Å²) in [6, 6.07) is 30.8. The molecule has 7 heteroatoms. The van der Waals surface area contributed by atoms with Gasteiger partial charge >= 0.3 is 238 Å². The molecule has 3 aromatic carbocycles. The van der Waals surface area contributed by atoms with E-state index >= 15 is 0 Å². The van der Waals surface area contributed by atoms with E-state index in [4.69, 9.17) is 0 Å². The number of hydrogen-bond acceptors (Lipinski definition) is 3. The van der Waals surface area contributed by atoms with Crippen LogP contribution in [-0.4, -0.2) is 63.0 Å². The molecule has 188 valence electrons. The van der Waals surface area contributed by atoms with Gasteiger partial charge in [-0.15, -0.1) is 0 Å². The number of rotatable bonds is 0. The van der Waals surface area contributed by atoms with Crippen LogP contribution in [0.25, 0.3) is 32.7 Å². The van der Waals surface area contributed by atoms with Crippen LogP contribution < -0.4 is 13.4 Å².